The molecule has 0 nitrogen and oxygen atoms in total. The van der Waals surface area contributed by atoms with Gasteiger partial charge in [-0.25, -0.2) is 22.0 Å². The highest BCUT2D eigenvalue weighted by molar-refractivity contribution is 5.65. The Morgan fingerprint density at radius 3 is 1.85 bits per heavy atom. The Kier molecular flexibility index (Phi) is 8.31. The van der Waals surface area contributed by atoms with Crippen molar-refractivity contribution in [3.63, 3.8) is 0 Å². The first-order valence-corrected chi connectivity index (χ1v) is 13.0. The average Bonchev–Trinajstić information content (AvgIpc) is 2.85. The van der Waals surface area contributed by atoms with E-state index in [0.717, 1.165) is 37.5 Å². The van der Waals surface area contributed by atoms with Gasteiger partial charge in [0.25, 0.3) is 0 Å². The van der Waals surface area contributed by atoms with Crippen LogP contribution in [0.1, 0.15) is 95.5 Å². The lowest BCUT2D eigenvalue weighted by atomic mass is 9.68. The molecule has 0 aliphatic heterocycles. The first kappa shape index (κ1) is 25.2. The third-order valence-electron chi connectivity index (χ3n) is 8.39. The van der Waals surface area contributed by atoms with Crippen molar-refractivity contribution in [2.75, 3.05) is 0 Å². The van der Waals surface area contributed by atoms with Crippen molar-refractivity contribution >= 4 is 0 Å². The smallest absolute Gasteiger partial charge is 0.194 e. The second-order valence-electron chi connectivity index (χ2n) is 10.5. The van der Waals surface area contributed by atoms with Gasteiger partial charge in [-0.15, -0.1) is 0 Å². The molecule has 2 saturated carbocycles. The molecule has 2 aliphatic carbocycles. The second-order valence-corrected chi connectivity index (χ2v) is 10.5. The van der Waals surface area contributed by atoms with E-state index in [2.05, 4.69) is 6.92 Å². The van der Waals surface area contributed by atoms with Gasteiger partial charge >= 0.3 is 0 Å². The molecule has 2 aliphatic rings. The minimum Gasteiger partial charge on any atom is -0.204 e. The van der Waals surface area contributed by atoms with Gasteiger partial charge in [0.1, 0.15) is 0 Å². The van der Waals surface area contributed by atoms with Crippen LogP contribution in [0.3, 0.4) is 0 Å². The predicted octanol–water partition coefficient (Wildman–Crippen LogP) is 9.71. The van der Waals surface area contributed by atoms with E-state index in [4.69, 9.17) is 0 Å². The summed E-state index contributed by atoms with van der Waals surface area (Å²) in [6, 6.07) is 4.27. The molecule has 0 bridgehead atoms. The molecule has 0 saturated heterocycles. The molecule has 0 N–H and O–H groups in total. The third kappa shape index (κ3) is 5.49. The van der Waals surface area contributed by atoms with Crippen molar-refractivity contribution in [2.45, 2.75) is 89.9 Å². The molecule has 2 fully saturated rings. The second kappa shape index (κ2) is 11.2. The molecule has 0 amide bonds. The summed E-state index contributed by atoms with van der Waals surface area (Å²) in [6.07, 6.45) is 14.3. The number of halogens is 5. The van der Waals surface area contributed by atoms with E-state index in [9.17, 15) is 22.0 Å². The molecule has 0 heterocycles. The standard InChI is InChI=1S/C29H35F5/c1-2-3-4-5-18-6-8-19(9-7-18)20-10-12-21(13-11-20)23-14-15-24(28(33)27(23)32)22-16-25(30)29(34)26(31)17-22/h14-21H,2-13H2,1H3. The van der Waals surface area contributed by atoms with Crippen molar-refractivity contribution < 1.29 is 22.0 Å². The lowest BCUT2D eigenvalue weighted by Crippen LogP contribution is -2.25. The summed E-state index contributed by atoms with van der Waals surface area (Å²) in [4.78, 5) is 0. The van der Waals surface area contributed by atoms with E-state index in [1.807, 2.05) is 0 Å². The van der Waals surface area contributed by atoms with E-state index in [-0.39, 0.29) is 17.0 Å². The zero-order valence-electron chi connectivity index (χ0n) is 20.0. The van der Waals surface area contributed by atoms with Gasteiger partial charge in [-0.05, 0) is 85.5 Å². The van der Waals surface area contributed by atoms with Crippen LogP contribution in [0, 0.1) is 46.8 Å². The van der Waals surface area contributed by atoms with Gasteiger partial charge in [-0.2, -0.15) is 0 Å². The van der Waals surface area contributed by atoms with E-state index >= 15 is 0 Å². The van der Waals surface area contributed by atoms with Crippen LogP contribution in [0.5, 0.6) is 0 Å². The van der Waals surface area contributed by atoms with Gasteiger partial charge in [0.05, 0.1) is 0 Å². The van der Waals surface area contributed by atoms with E-state index in [1.54, 1.807) is 0 Å². The van der Waals surface area contributed by atoms with E-state index < -0.39 is 29.1 Å². The van der Waals surface area contributed by atoms with Crippen molar-refractivity contribution in [1.29, 1.82) is 0 Å². The minimum atomic E-state index is -1.62. The number of hydrogen-bond donors (Lipinski definition) is 0. The van der Waals surface area contributed by atoms with Crippen LogP contribution in [0.2, 0.25) is 0 Å². The molecular formula is C29H35F5. The average molecular weight is 479 g/mol. The Balaban J connectivity index is 1.36. The highest BCUT2D eigenvalue weighted by Gasteiger charge is 2.32. The van der Waals surface area contributed by atoms with Crippen molar-refractivity contribution in [3.05, 3.63) is 58.9 Å². The molecule has 0 atom stereocenters. The quantitative estimate of drug-likeness (QED) is 0.211. The Morgan fingerprint density at radius 1 is 0.676 bits per heavy atom. The Hall–Kier alpha value is -1.91. The fourth-order valence-electron chi connectivity index (χ4n) is 6.35. The number of hydrogen-bond acceptors (Lipinski definition) is 0. The molecule has 0 spiro atoms. The van der Waals surface area contributed by atoms with E-state index in [1.165, 1.54) is 63.5 Å². The van der Waals surface area contributed by atoms with Gasteiger partial charge < -0.3 is 0 Å². The highest BCUT2D eigenvalue weighted by atomic mass is 19.2. The van der Waals surface area contributed by atoms with Crippen LogP contribution in [0.25, 0.3) is 11.1 Å². The topological polar surface area (TPSA) is 0 Å². The maximum Gasteiger partial charge on any atom is 0.194 e. The zero-order chi connectivity index (χ0) is 24.2. The molecule has 2 aromatic carbocycles. The summed E-state index contributed by atoms with van der Waals surface area (Å²) >= 11 is 0. The Morgan fingerprint density at radius 2 is 1.26 bits per heavy atom. The van der Waals surface area contributed by atoms with E-state index in [0.29, 0.717) is 23.6 Å². The molecule has 34 heavy (non-hydrogen) atoms. The molecule has 0 radical (unpaired) electrons. The SMILES string of the molecule is CCCCCC1CCC(C2CCC(c3ccc(-c4cc(F)c(F)c(F)c4)c(F)c3F)CC2)CC1. The maximum atomic E-state index is 15.0. The summed E-state index contributed by atoms with van der Waals surface area (Å²) in [5.41, 5.74) is -0.140. The zero-order valence-corrected chi connectivity index (χ0v) is 20.0. The summed E-state index contributed by atoms with van der Waals surface area (Å²) in [5, 5.41) is 0. The van der Waals surface area contributed by atoms with Gasteiger partial charge in [0.15, 0.2) is 29.1 Å². The van der Waals surface area contributed by atoms with Crippen LogP contribution in [0.15, 0.2) is 24.3 Å². The molecule has 186 valence electrons. The van der Waals surface area contributed by atoms with Crippen molar-refractivity contribution in [3.8, 4) is 11.1 Å². The number of rotatable bonds is 7. The molecule has 4 rings (SSSR count). The maximum absolute atomic E-state index is 15.0. The highest BCUT2D eigenvalue weighted by Crippen LogP contribution is 2.45. The molecule has 5 heteroatoms. The fraction of sp³-hybridized carbons (Fsp3) is 0.586. The van der Waals surface area contributed by atoms with Crippen LogP contribution >= 0.6 is 0 Å². The van der Waals surface area contributed by atoms with Gasteiger partial charge in [-0.3, -0.25) is 0 Å². The fourth-order valence-corrected chi connectivity index (χ4v) is 6.35. The monoisotopic (exact) mass is 478 g/mol. The van der Waals surface area contributed by atoms with Crippen LogP contribution in [-0.2, 0) is 0 Å². The Bertz CT molecular complexity index is 946. The normalized spacial score (nSPS) is 25.5. The van der Waals surface area contributed by atoms with Crippen molar-refractivity contribution in [1.82, 2.24) is 0 Å². The van der Waals surface area contributed by atoms with Gasteiger partial charge in [0, 0.05) is 5.56 Å². The van der Waals surface area contributed by atoms with Crippen LogP contribution in [0.4, 0.5) is 22.0 Å². The molecule has 0 aromatic heterocycles. The van der Waals surface area contributed by atoms with Crippen molar-refractivity contribution in [2.24, 2.45) is 17.8 Å². The molecule has 2 aromatic rings. The summed E-state index contributed by atoms with van der Waals surface area (Å²) < 4.78 is 70.3. The molecular weight excluding hydrogens is 443 g/mol. The third-order valence-corrected chi connectivity index (χ3v) is 8.39. The lowest BCUT2D eigenvalue weighted by molar-refractivity contribution is 0.155. The Labute approximate surface area is 200 Å². The number of benzene rings is 2. The lowest BCUT2D eigenvalue weighted by Gasteiger charge is -2.38. The number of unbranched alkanes of at least 4 members (excludes halogenated alkanes) is 2. The minimum absolute atomic E-state index is 0.0492. The summed E-state index contributed by atoms with van der Waals surface area (Å²) in [6.45, 7) is 2.25. The molecule has 0 unspecified atom stereocenters. The predicted molar refractivity (Wildman–Crippen MR) is 126 cm³/mol. The summed E-state index contributed by atoms with van der Waals surface area (Å²) in [5.74, 6) is -4.29. The first-order valence-electron chi connectivity index (χ1n) is 13.0. The van der Waals surface area contributed by atoms with Crippen LogP contribution in [-0.4, -0.2) is 0 Å². The van der Waals surface area contributed by atoms with Crippen LogP contribution < -0.4 is 0 Å². The summed E-state index contributed by atoms with van der Waals surface area (Å²) in [7, 11) is 0. The first-order chi connectivity index (χ1) is 16.4. The largest absolute Gasteiger partial charge is 0.204 e. The van der Waals surface area contributed by atoms with Gasteiger partial charge in [0.2, 0.25) is 0 Å². The van der Waals surface area contributed by atoms with Gasteiger partial charge in [-0.1, -0.05) is 57.6 Å².